The molecule has 0 amide bonds. The van der Waals surface area contributed by atoms with E-state index in [1.165, 1.54) is 9.44 Å². The molecule has 2 aromatic carbocycles. The zero-order valence-electron chi connectivity index (χ0n) is 24.1. The fourth-order valence-electron chi connectivity index (χ4n) is 5.44. The van der Waals surface area contributed by atoms with E-state index in [1.807, 2.05) is 23.0 Å². The number of anilines is 1. The first-order chi connectivity index (χ1) is 19.7. The van der Waals surface area contributed by atoms with Crippen molar-refractivity contribution >= 4 is 46.9 Å². The summed E-state index contributed by atoms with van der Waals surface area (Å²) in [5.41, 5.74) is 11.3. The van der Waals surface area contributed by atoms with Crippen molar-refractivity contribution < 1.29 is 9.47 Å². The molecule has 41 heavy (non-hydrogen) atoms. The van der Waals surface area contributed by atoms with E-state index < -0.39 is 8.07 Å². The maximum Gasteiger partial charge on any atom is 0.265 e. The van der Waals surface area contributed by atoms with E-state index in [0.29, 0.717) is 23.2 Å². The third-order valence-electron chi connectivity index (χ3n) is 7.73. The lowest BCUT2D eigenvalue weighted by Crippen LogP contribution is -2.25. The number of nitrogens with zero attached hydrogens (tertiary/aromatic N) is 4. The lowest BCUT2D eigenvalue weighted by Gasteiger charge is -2.23. The highest BCUT2D eigenvalue weighted by Gasteiger charge is 2.23. The second-order valence-electron chi connectivity index (χ2n) is 12.0. The van der Waals surface area contributed by atoms with Crippen molar-refractivity contribution in [2.45, 2.75) is 64.8 Å². The van der Waals surface area contributed by atoms with Gasteiger partial charge in [-0.2, -0.15) is 5.10 Å². The third-order valence-corrected chi connectivity index (χ3v) is 10.5. The summed E-state index contributed by atoms with van der Waals surface area (Å²) >= 11 is 1.68. The SMILES string of the molecule is Cc1ccc(-c2cc(-c3cccc4c3cnn4C3CCCCO3)c(N)c3c(=O)n(COCC[Si](C)(C)C)cnc23)s1. The molecule has 0 aliphatic carbocycles. The molecule has 3 aromatic heterocycles. The van der Waals surface area contributed by atoms with Crippen LogP contribution in [0.5, 0.6) is 0 Å². The number of nitrogen functional groups attached to an aromatic ring is 1. The van der Waals surface area contributed by atoms with E-state index in [1.54, 1.807) is 17.7 Å². The number of hydrogen-bond acceptors (Lipinski definition) is 7. The van der Waals surface area contributed by atoms with Crippen LogP contribution in [-0.4, -0.2) is 40.6 Å². The molecule has 1 unspecified atom stereocenters. The first kappa shape index (κ1) is 27.8. The fourth-order valence-corrected chi connectivity index (χ4v) is 7.08. The molecule has 8 nitrogen and oxygen atoms in total. The Balaban J connectivity index is 1.50. The predicted molar refractivity (Wildman–Crippen MR) is 170 cm³/mol. The van der Waals surface area contributed by atoms with E-state index in [0.717, 1.165) is 64.4 Å². The van der Waals surface area contributed by atoms with Gasteiger partial charge in [-0.25, -0.2) is 9.67 Å². The van der Waals surface area contributed by atoms with Gasteiger partial charge in [-0.3, -0.25) is 9.36 Å². The number of ether oxygens (including phenoxy) is 2. The smallest absolute Gasteiger partial charge is 0.265 e. The molecule has 1 atom stereocenters. The Morgan fingerprint density at radius 2 is 2.00 bits per heavy atom. The molecule has 5 aromatic rings. The van der Waals surface area contributed by atoms with Crippen LogP contribution in [0, 0.1) is 6.92 Å². The van der Waals surface area contributed by atoms with Gasteiger partial charge in [0.15, 0.2) is 6.23 Å². The molecule has 2 N–H and O–H groups in total. The van der Waals surface area contributed by atoms with E-state index in [9.17, 15) is 4.79 Å². The minimum absolute atomic E-state index is 0.0764. The number of fused-ring (bicyclic) bond motifs is 2. The summed E-state index contributed by atoms with van der Waals surface area (Å²) in [5, 5.41) is 6.12. The molecule has 4 heterocycles. The van der Waals surface area contributed by atoms with Gasteiger partial charge in [0.1, 0.15) is 13.1 Å². The number of hydrogen-bond donors (Lipinski definition) is 1. The Hall–Kier alpha value is -3.31. The summed E-state index contributed by atoms with van der Waals surface area (Å²) in [6.07, 6.45) is 6.52. The van der Waals surface area contributed by atoms with Crippen molar-refractivity contribution in [1.29, 1.82) is 0 Å². The molecule has 1 aliphatic rings. The summed E-state index contributed by atoms with van der Waals surface area (Å²) in [6.45, 7) is 10.5. The number of nitrogens with two attached hydrogens (primary N) is 1. The average molecular weight is 588 g/mol. The van der Waals surface area contributed by atoms with Crippen molar-refractivity contribution in [2.24, 2.45) is 0 Å². The molecule has 1 saturated heterocycles. The van der Waals surface area contributed by atoms with Crippen LogP contribution in [0.15, 0.2) is 53.7 Å². The number of aromatic nitrogens is 4. The van der Waals surface area contributed by atoms with Gasteiger partial charge in [-0.15, -0.1) is 11.3 Å². The van der Waals surface area contributed by atoms with E-state index >= 15 is 0 Å². The first-order valence-corrected chi connectivity index (χ1v) is 18.8. The van der Waals surface area contributed by atoms with E-state index in [4.69, 9.17) is 25.3 Å². The highest BCUT2D eigenvalue weighted by atomic mass is 32.1. The second kappa shape index (κ2) is 11.2. The normalized spacial score (nSPS) is 16.1. The average Bonchev–Trinajstić information content (AvgIpc) is 3.58. The highest BCUT2D eigenvalue weighted by Crippen LogP contribution is 2.42. The van der Waals surface area contributed by atoms with Gasteiger partial charge >= 0.3 is 0 Å². The number of benzene rings is 2. The quantitative estimate of drug-likeness (QED) is 0.119. The van der Waals surface area contributed by atoms with Gasteiger partial charge in [0, 0.05) is 47.6 Å². The van der Waals surface area contributed by atoms with Crippen LogP contribution in [0.25, 0.3) is 43.4 Å². The van der Waals surface area contributed by atoms with Crippen LogP contribution in [0.3, 0.4) is 0 Å². The van der Waals surface area contributed by atoms with E-state index in [-0.39, 0.29) is 18.5 Å². The molecule has 214 valence electrons. The summed E-state index contributed by atoms with van der Waals surface area (Å²) < 4.78 is 15.5. The maximum absolute atomic E-state index is 13.9. The first-order valence-electron chi connectivity index (χ1n) is 14.3. The van der Waals surface area contributed by atoms with Gasteiger partial charge in [-0.1, -0.05) is 31.8 Å². The number of aryl methyl sites for hydroxylation is 1. The Morgan fingerprint density at radius 3 is 2.73 bits per heavy atom. The predicted octanol–water partition coefficient (Wildman–Crippen LogP) is 7.04. The zero-order chi connectivity index (χ0) is 28.7. The monoisotopic (exact) mass is 587 g/mol. The standard InChI is InChI=1S/C31H37N5O3SSi/c1-20-11-12-26(40-20)23-16-22(21-8-7-9-25-24(21)17-34-36(25)27-10-5-6-13-39-27)29(32)28-30(23)33-18-35(31(28)37)19-38-14-15-41(2,3)4/h7-9,11-12,16-18,27H,5-6,10,13-15,19,32H2,1-4H3. The van der Waals surface area contributed by atoms with Gasteiger partial charge in [0.2, 0.25) is 0 Å². The molecule has 1 fully saturated rings. The van der Waals surface area contributed by atoms with Gasteiger partial charge < -0.3 is 15.2 Å². The van der Waals surface area contributed by atoms with Crippen molar-refractivity contribution in [3.05, 3.63) is 64.2 Å². The van der Waals surface area contributed by atoms with Crippen LogP contribution in [0.2, 0.25) is 25.7 Å². The summed E-state index contributed by atoms with van der Waals surface area (Å²) in [7, 11) is -1.24. The minimum atomic E-state index is -1.24. The topological polar surface area (TPSA) is 97.2 Å². The lowest BCUT2D eigenvalue weighted by atomic mass is 9.95. The van der Waals surface area contributed by atoms with Crippen molar-refractivity contribution in [3.63, 3.8) is 0 Å². The van der Waals surface area contributed by atoms with Crippen LogP contribution >= 0.6 is 11.3 Å². The van der Waals surface area contributed by atoms with Crippen LogP contribution in [0.4, 0.5) is 5.69 Å². The maximum atomic E-state index is 13.9. The molecule has 0 saturated carbocycles. The Morgan fingerprint density at radius 1 is 1.15 bits per heavy atom. The summed E-state index contributed by atoms with van der Waals surface area (Å²) in [5.74, 6) is 0. The van der Waals surface area contributed by atoms with E-state index in [2.05, 4.69) is 50.8 Å². The van der Waals surface area contributed by atoms with Gasteiger partial charge in [0.25, 0.3) is 5.56 Å². The van der Waals surface area contributed by atoms with Crippen molar-refractivity contribution in [3.8, 4) is 21.6 Å². The van der Waals surface area contributed by atoms with Gasteiger partial charge in [-0.05, 0) is 62.1 Å². The molecule has 6 rings (SSSR count). The lowest BCUT2D eigenvalue weighted by molar-refractivity contribution is -0.0366. The second-order valence-corrected chi connectivity index (χ2v) is 18.9. The highest BCUT2D eigenvalue weighted by molar-refractivity contribution is 7.15. The number of rotatable bonds is 8. The van der Waals surface area contributed by atoms with Crippen LogP contribution in [-0.2, 0) is 16.2 Å². The van der Waals surface area contributed by atoms with Crippen LogP contribution in [0.1, 0.15) is 30.4 Å². The zero-order valence-corrected chi connectivity index (χ0v) is 26.0. The molecule has 0 bridgehead atoms. The molecule has 1 aliphatic heterocycles. The molecular weight excluding hydrogens is 551 g/mol. The third kappa shape index (κ3) is 5.49. The summed E-state index contributed by atoms with van der Waals surface area (Å²) in [6, 6.07) is 13.4. The Kier molecular flexibility index (Phi) is 7.58. The largest absolute Gasteiger partial charge is 0.398 e. The van der Waals surface area contributed by atoms with Crippen LogP contribution < -0.4 is 11.3 Å². The fraction of sp³-hybridized carbons (Fsp3) is 0.387. The number of thiophene rings is 1. The molecule has 10 heteroatoms. The van der Waals surface area contributed by atoms with Crippen molar-refractivity contribution in [2.75, 3.05) is 18.9 Å². The Labute approximate surface area is 244 Å². The molecule has 0 radical (unpaired) electrons. The molecule has 0 spiro atoms. The van der Waals surface area contributed by atoms with Gasteiger partial charge in [0.05, 0.1) is 28.3 Å². The Bertz CT molecular complexity index is 1780. The van der Waals surface area contributed by atoms with Crippen molar-refractivity contribution in [1.82, 2.24) is 19.3 Å². The minimum Gasteiger partial charge on any atom is -0.398 e. The molecular formula is C31H37N5O3SSi. The summed E-state index contributed by atoms with van der Waals surface area (Å²) in [4.78, 5) is 20.9.